The number of hydrogen-bond acceptors (Lipinski definition) is 1. The van der Waals surface area contributed by atoms with Crippen LogP contribution in [0.5, 0.6) is 0 Å². The third-order valence-corrected chi connectivity index (χ3v) is 2.22. The van der Waals surface area contributed by atoms with E-state index in [2.05, 4.69) is 18.6 Å². The summed E-state index contributed by atoms with van der Waals surface area (Å²) in [6.07, 6.45) is 5.57. The summed E-state index contributed by atoms with van der Waals surface area (Å²) in [5, 5.41) is 0. The SMILES string of the molecule is [C]1CC1CCOCc1ccccc1. The summed E-state index contributed by atoms with van der Waals surface area (Å²) in [5.41, 5.74) is 1.26. The summed E-state index contributed by atoms with van der Waals surface area (Å²) in [4.78, 5) is 0. The van der Waals surface area contributed by atoms with Crippen LogP contribution in [-0.2, 0) is 11.3 Å². The topological polar surface area (TPSA) is 9.23 Å². The molecular weight excluding hydrogens is 160 g/mol. The number of benzene rings is 1. The first-order chi connectivity index (χ1) is 6.45. The quantitative estimate of drug-likeness (QED) is 0.624. The van der Waals surface area contributed by atoms with Crippen molar-refractivity contribution in [2.75, 3.05) is 6.61 Å². The van der Waals surface area contributed by atoms with Crippen LogP contribution in [0.2, 0.25) is 0 Å². The third-order valence-electron chi connectivity index (χ3n) is 2.22. The van der Waals surface area contributed by atoms with Gasteiger partial charge in [-0.15, -0.1) is 0 Å². The molecule has 0 bridgehead atoms. The maximum atomic E-state index is 5.53. The summed E-state index contributed by atoms with van der Waals surface area (Å²) >= 11 is 0. The summed E-state index contributed by atoms with van der Waals surface area (Å²) < 4.78 is 5.53. The van der Waals surface area contributed by atoms with Crippen LogP contribution in [0, 0.1) is 12.3 Å². The lowest BCUT2D eigenvalue weighted by Gasteiger charge is -2.02. The predicted molar refractivity (Wildman–Crippen MR) is 52.1 cm³/mol. The van der Waals surface area contributed by atoms with E-state index in [9.17, 15) is 0 Å². The van der Waals surface area contributed by atoms with Gasteiger partial charge in [-0.25, -0.2) is 0 Å². The Labute approximate surface area is 79.7 Å². The molecule has 0 amide bonds. The van der Waals surface area contributed by atoms with Gasteiger partial charge >= 0.3 is 0 Å². The van der Waals surface area contributed by atoms with Crippen molar-refractivity contribution in [3.05, 3.63) is 42.3 Å². The van der Waals surface area contributed by atoms with Crippen LogP contribution in [0.15, 0.2) is 30.3 Å². The molecule has 1 aromatic rings. The van der Waals surface area contributed by atoms with Gasteiger partial charge in [0, 0.05) is 6.61 Å². The van der Waals surface area contributed by atoms with Crippen LogP contribution in [0.25, 0.3) is 0 Å². The van der Waals surface area contributed by atoms with E-state index in [0.29, 0.717) is 0 Å². The van der Waals surface area contributed by atoms with Crippen LogP contribution in [0.4, 0.5) is 0 Å². The summed E-state index contributed by atoms with van der Waals surface area (Å²) in [7, 11) is 0. The zero-order valence-corrected chi connectivity index (χ0v) is 7.70. The minimum absolute atomic E-state index is 0.732. The zero-order chi connectivity index (χ0) is 8.93. The number of hydrogen-bond donors (Lipinski definition) is 0. The molecular formula is C12H14O. The molecule has 0 heterocycles. The molecule has 2 rings (SSSR count). The minimum atomic E-state index is 0.732. The first-order valence-corrected chi connectivity index (χ1v) is 4.80. The third kappa shape index (κ3) is 3.19. The Bertz CT molecular complexity index is 239. The average molecular weight is 174 g/mol. The van der Waals surface area contributed by atoms with Gasteiger partial charge in [-0.1, -0.05) is 30.3 Å². The molecule has 1 atom stereocenters. The minimum Gasteiger partial charge on any atom is -0.377 e. The molecule has 1 aliphatic carbocycles. The summed E-state index contributed by atoms with van der Waals surface area (Å²) in [6.45, 7) is 1.61. The Morgan fingerprint density at radius 1 is 1.31 bits per heavy atom. The van der Waals surface area contributed by atoms with Crippen molar-refractivity contribution in [1.29, 1.82) is 0 Å². The fraction of sp³-hybridized carbons (Fsp3) is 0.417. The Kier molecular flexibility index (Phi) is 2.98. The second-order valence-electron chi connectivity index (χ2n) is 3.43. The van der Waals surface area contributed by atoms with Crippen LogP contribution >= 0.6 is 0 Å². The highest BCUT2D eigenvalue weighted by atomic mass is 16.5. The normalized spacial score (nSPS) is 16.0. The van der Waals surface area contributed by atoms with Gasteiger partial charge in [-0.3, -0.25) is 0 Å². The summed E-state index contributed by atoms with van der Waals surface area (Å²) in [5.74, 6) is 0.732. The molecule has 1 unspecified atom stereocenters. The lowest BCUT2D eigenvalue weighted by molar-refractivity contribution is 0.116. The molecule has 1 aromatic carbocycles. The van der Waals surface area contributed by atoms with Crippen LogP contribution in [0.1, 0.15) is 18.4 Å². The fourth-order valence-electron chi connectivity index (χ4n) is 1.28. The van der Waals surface area contributed by atoms with E-state index in [1.165, 1.54) is 12.0 Å². The maximum Gasteiger partial charge on any atom is 0.0716 e. The smallest absolute Gasteiger partial charge is 0.0716 e. The Morgan fingerprint density at radius 3 is 2.77 bits per heavy atom. The fourth-order valence-corrected chi connectivity index (χ4v) is 1.28. The van der Waals surface area contributed by atoms with Gasteiger partial charge in [-0.2, -0.15) is 0 Å². The highest BCUT2D eigenvalue weighted by Gasteiger charge is 2.21. The molecule has 1 fully saturated rings. The van der Waals surface area contributed by atoms with Gasteiger partial charge in [0.15, 0.2) is 0 Å². The molecule has 1 saturated carbocycles. The highest BCUT2D eigenvalue weighted by molar-refractivity contribution is 5.13. The highest BCUT2D eigenvalue weighted by Crippen LogP contribution is 2.30. The molecule has 13 heavy (non-hydrogen) atoms. The van der Waals surface area contributed by atoms with Crippen molar-refractivity contribution in [3.63, 3.8) is 0 Å². The molecule has 0 N–H and O–H groups in total. The molecule has 1 aliphatic rings. The Balaban J connectivity index is 1.61. The number of rotatable bonds is 5. The van der Waals surface area contributed by atoms with Crippen molar-refractivity contribution in [3.8, 4) is 0 Å². The van der Waals surface area contributed by atoms with Crippen molar-refractivity contribution in [1.82, 2.24) is 0 Å². The van der Waals surface area contributed by atoms with E-state index in [1.54, 1.807) is 0 Å². The zero-order valence-electron chi connectivity index (χ0n) is 7.70. The van der Waals surface area contributed by atoms with Gasteiger partial charge in [0.05, 0.1) is 6.61 Å². The largest absolute Gasteiger partial charge is 0.377 e. The maximum absolute atomic E-state index is 5.53. The van der Waals surface area contributed by atoms with Crippen LogP contribution < -0.4 is 0 Å². The average Bonchev–Trinajstić information content (AvgIpc) is 2.98. The van der Waals surface area contributed by atoms with Crippen LogP contribution in [-0.4, -0.2) is 6.61 Å². The van der Waals surface area contributed by atoms with E-state index < -0.39 is 0 Å². The van der Waals surface area contributed by atoms with Crippen molar-refractivity contribution in [2.45, 2.75) is 19.4 Å². The first-order valence-electron chi connectivity index (χ1n) is 4.80. The molecule has 0 aromatic heterocycles. The van der Waals surface area contributed by atoms with E-state index >= 15 is 0 Å². The standard InChI is InChI=1S/C12H14O/c1-2-4-12(5-3-1)10-13-9-8-11-6-7-11/h1-5,11H,6,8-10H2. The molecule has 0 aliphatic heterocycles. The van der Waals surface area contributed by atoms with Crippen molar-refractivity contribution >= 4 is 0 Å². The van der Waals surface area contributed by atoms with Gasteiger partial charge < -0.3 is 4.74 Å². The molecule has 2 radical (unpaired) electrons. The van der Waals surface area contributed by atoms with E-state index in [4.69, 9.17) is 4.74 Å². The van der Waals surface area contributed by atoms with E-state index in [1.807, 2.05) is 18.2 Å². The molecule has 1 nitrogen and oxygen atoms in total. The van der Waals surface area contributed by atoms with Gasteiger partial charge in [0.2, 0.25) is 0 Å². The number of ether oxygens (including phenoxy) is 1. The van der Waals surface area contributed by atoms with E-state index in [0.717, 1.165) is 25.6 Å². The monoisotopic (exact) mass is 174 g/mol. The second kappa shape index (κ2) is 4.43. The van der Waals surface area contributed by atoms with Gasteiger partial charge in [0.1, 0.15) is 0 Å². The molecule has 68 valence electrons. The summed E-state index contributed by atoms with van der Waals surface area (Å²) in [6, 6.07) is 10.3. The first kappa shape index (κ1) is 8.76. The second-order valence-corrected chi connectivity index (χ2v) is 3.43. The van der Waals surface area contributed by atoms with Crippen molar-refractivity contribution in [2.24, 2.45) is 5.92 Å². The molecule has 0 spiro atoms. The lowest BCUT2D eigenvalue weighted by Crippen LogP contribution is -1.95. The Hall–Kier alpha value is -0.820. The predicted octanol–water partition coefficient (Wildman–Crippen LogP) is 2.69. The molecule has 0 saturated heterocycles. The lowest BCUT2D eigenvalue weighted by atomic mass is 10.2. The van der Waals surface area contributed by atoms with Gasteiger partial charge in [-0.05, 0) is 30.7 Å². The Morgan fingerprint density at radius 2 is 2.08 bits per heavy atom. The van der Waals surface area contributed by atoms with Crippen molar-refractivity contribution < 1.29 is 4.74 Å². The van der Waals surface area contributed by atoms with Gasteiger partial charge in [0.25, 0.3) is 0 Å². The molecule has 1 heteroatoms. The van der Waals surface area contributed by atoms with E-state index in [-0.39, 0.29) is 0 Å². The van der Waals surface area contributed by atoms with Crippen LogP contribution in [0.3, 0.4) is 0 Å².